The fourth-order valence-corrected chi connectivity index (χ4v) is 3.37. The van der Waals surface area contributed by atoms with Crippen LogP contribution in [0.15, 0.2) is 77.8 Å². The molecule has 0 fully saturated rings. The Morgan fingerprint density at radius 2 is 1.72 bits per heavy atom. The molecule has 5 nitrogen and oxygen atoms in total. The minimum atomic E-state index is -0.363. The summed E-state index contributed by atoms with van der Waals surface area (Å²) in [5.41, 5.74) is 1.61. The number of carbonyl (C=O) groups is 2. The third-order valence-corrected chi connectivity index (χ3v) is 5.14. The van der Waals surface area contributed by atoms with Crippen LogP contribution >= 0.6 is 11.3 Å². The van der Waals surface area contributed by atoms with Crippen molar-refractivity contribution in [2.75, 3.05) is 7.11 Å². The average Bonchev–Trinajstić information content (AvgIpc) is 3.27. The smallest absolute Gasteiger partial charge is 0.268 e. The van der Waals surface area contributed by atoms with Crippen molar-refractivity contribution in [3.8, 4) is 5.75 Å². The van der Waals surface area contributed by atoms with E-state index in [4.69, 9.17) is 4.74 Å². The highest BCUT2D eigenvalue weighted by atomic mass is 32.1. The van der Waals surface area contributed by atoms with Crippen molar-refractivity contribution in [1.29, 1.82) is 0 Å². The molecule has 0 aliphatic rings. The quantitative estimate of drug-likeness (QED) is 0.571. The van der Waals surface area contributed by atoms with Gasteiger partial charge >= 0.3 is 0 Å². The maximum absolute atomic E-state index is 12.9. The number of methoxy groups -OCH3 is 1. The Hall–Kier alpha value is -3.38. The summed E-state index contributed by atoms with van der Waals surface area (Å²) >= 11 is 1.49. The zero-order valence-corrected chi connectivity index (χ0v) is 17.0. The Morgan fingerprint density at radius 1 is 1.00 bits per heavy atom. The van der Waals surface area contributed by atoms with Gasteiger partial charge < -0.3 is 15.4 Å². The van der Waals surface area contributed by atoms with E-state index in [1.807, 2.05) is 54.8 Å². The van der Waals surface area contributed by atoms with Crippen LogP contribution in [0.25, 0.3) is 6.08 Å². The third-order valence-electron chi connectivity index (χ3n) is 4.32. The van der Waals surface area contributed by atoms with Gasteiger partial charge in [0.25, 0.3) is 11.8 Å². The summed E-state index contributed by atoms with van der Waals surface area (Å²) in [7, 11) is 1.56. The molecular formula is C23H22N2O3S. The molecule has 0 bridgehead atoms. The zero-order chi connectivity index (χ0) is 20.6. The molecule has 148 valence electrons. The Labute approximate surface area is 174 Å². The van der Waals surface area contributed by atoms with E-state index in [0.29, 0.717) is 11.3 Å². The Morgan fingerprint density at radius 3 is 2.34 bits per heavy atom. The lowest BCUT2D eigenvalue weighted by atomic mass is 10.1. The van der Waals surface area contributed by atoms with Crippen LogP contribution in [0.3, 0.4) is 0 Å². The molecular weight excluding hydrogens is 384 g/mol. The van der Waals surface area contributed by atoms with E-state index in [1.165, 1.54) is 11.3 Å². The summed E-state index contributed by atoms with van der Waals surface area (Å²) in [4.78, 5) is 26.5. The number of carbonyl (C=O) groups excluding carboxylic acids is 2. The number of thiophene rings is 1. The van der Waals surface area contributed by atoms with Crippen molar-refractivity contribution in [1.82, 2.24) is 10.6 Å². The first-order chi connectivity index (χ1) is 14.1. The molecule has 0 radical (unpaired) electrons. The first kappa shape index (κ1) is 20.4. The van der Waals surface area contributed by atoms with Crippen LogP contribution in [0.1, 0.15) is 33.8 Å². The predicted molar refractivity (Wildman–Crippen MR) is 116 cm³/mol. The minimum absolute atomic E-state index is 0.191. The number of ether oxygens (including phenoxy) is 1. The number of benzene rings is 2. The topological polar surface area (TPSA) is 67.4 Å². The summed E-state index contributed by atoms with van der Waals surface area (Å²) in [5, 5.41) is 7.60. The molecule has 0 saturated carbocycles. The monoisotopic (exact) mass is 406 g/mol. The molecule has 3 rings (SSSR count). The second-order valence-corrected chi connectivity index (χ2v) is 7.34. The highest BCUT2D eigenvalue weighted by Crippen LogP contribution is 2.16. The van der Waals surface area contributed by atoms with Gasteiger partial charge in [-0.1, -0.05) is 36.4 Å². The van der Waals surface area contributed by atoms with Gasteiger partial charge in [0.2, 0.25) is 0 Å². The van der Waals surface area contributed by atoms with Gasteiger partial charge in [0.05, 0.1) is 13.2 Å². The number of hydrogen-bond acceptors (Lipinski definition) is 4. The zero-order valence-electron chi connectivity index (χ0n) is 16.2. The second-order valence-electron chi connectivity index (χ2n) is 6.36. The maximum Gasteiger partial charge on any atom is 0.268 e. The SMILES string of the molecule is COc1ccc(C(=O)N/C(=C\c2cccs2)C(=O)NC(C)c2ccccc2)cc1. The van der Waals surface area contributed by atoms with Gasteiger partial charge in [-0.25, -0.2) is 0 Å². The molecule has 2 amide bonds. The molecule has 1 aromatic heterocycles. The van der Waals surface area contributed by atoms with Crippen molar-refractivity contribution in [3.05, 3.63) is 93.8 Å². The van der Waals surface area contributed by atoms with Gasteiger partial charge in [0, 0.05) is 10.4 Å². The van der Waals surface area contributed by atoms with E-state index in [1.54, 1.807) is 37.5 Å². The van der Waals surface area contributed by atoms with Crippen molar-refractivity contribution in [2.24, 2.45) is 0 Å². The standard InChI is InChI=1S/C23H22N2O3S/c1-16(17-7-4-3-5-8-17)24-23(27)21(15-20-9-6-14-29-20)25-22(26)18-10-12-19(28-2)13-11-18/h3-16H,1-2H3,(H,24,27)(H,25,26)/b21-15-. The summed E-state index contributed by atoms with van der Waals surface area (Å²) in [6, 6.07) is 20.0. The average molecular weight is 407 g/mol. The molecule has 0 spiro atoms. The molecule has 0 aliphatic heterocycles. The van der Waals surface area contributed by atoms with E-state index in [-0.39, 0.29) is 23.6 Å². The molecule has 2 aromatic carbocycles. The lowest BCUT2D eigenvalue weighted by Gasteiger charge is -2.16. The van der Waals surface area contributed by atoms with E-state index in [2.05, 4.69) is 10.6 Å². The summed E-state index contributed by atoms with van der Waals surface area (Å²) in [5.74, 6) is -0.0556. The van der Waals surface area contributed by atoms with Gasteiger partial charge in [0.1, 0.15) is 11.4 Å². The second kappa shape index (κ2) is 9.71. The molecule has 6 heteroatoms. The van der Waals surface area contributed by atoms with Crippen LogP contribution in [-0.2, 0) is 4.79 Å². The van der Waals surface area contributed by atoms with Crippen LogP contribution in [0.5, 0.6) is 5.75 Å². The Balaban J connectivity index is 1.79. The van der Waals surface area contributed by atoms with Crippen molar-refractivity contribution in [3.63, 3.8) is 0 Å². The predicted octanol–water partition coefficient (Wildman–Crippen LogP) is 4.41. The molecule has 3 aromatic rings. The number of hydrogen-bond donors (Lipinski definition) is 2. The number of nitrogens with one attached hydrogen (secondary N) is 2. The molecule has 0 aliphatic carbocycles. The maximum atomic E-state index is 12.9. The summed E-state index contributed by atoms with van der Waals surface area (Å²) < 4.78 is 5.12. The van der Waals surface area contributed by atoms with Crippen LogP contribution in [0, 0.1) is 0 Å². The fraction of sp³-hybridized carbons (Fsp3) is 0.130. The molecule has 1 atom stereocenters. The molecule has 2 N–H and O–H groups in total. The van der Waals surface area contributed by atoms with E-state index in [0.717, 1.165) is 10.4 Å². The van der Waals surface area contributed by atoms with Gasteiger partial charge in [-0.15, -0.1) is 11.3 Å². The Kier molecular flexibility index (Phi) is 6.81. The first-order valence-electron chi connectivity index (χ1n) is 9.13. The summed E-state index contributed by atoms with van der Waals surface area (Å²) in [6.07, 6.45) is 1.68. The van der Waals surface area contributed by atoms with Crippen molar-refractivity contribution >= 4 is 29.2 Å². The van der Waals surface area contributed by atoms with Crippen molar-refractivity contribution < 1.29 is 14.3 Å². The van der Waals surface area contributed by atoms with Crippen LogP contribution in [0.2, 0.25) is 0 Å². The number of amides is 2. The van der Waals surface area contributed by atoms with Gasteiger partial charge in [0.15, 0.2) is 0 Å². The summed E-state index contributed by atoms with van der Waals surface area (Å²) in [6.45, 7) is 1.90. The lowest BCUT2D eigenvalue weighted by Crippen LogP contribution is -2.36. The van der Waals surface area contributed by atoms with Gasteiger partial charge in [-0.2, -0.15) is 0 Å². The normalized spacial score (nSPS) is 12.1. The molecule has 29 heavy (non-hydrogen) atoms. The lowest BCUT2D eigenvalue weighted by molar-refractivity contribution is -0.118. The fourth-order valence-electron chi connectivity index (χ4n) is 2.71. The van der Waals surface area contributed by atoms with Crippen LogP contribution in [0.4, 0.5) is 0 Å². The highest BCUT2D eigenvalue weighted by molar-refractivity contribution is 7.10. The first-order valence-corrected chi connectivity index (χ1v) is 10.0. The minimum Gasteiger partial charge on any atom is -0.497 e. The van der Waals surface area contributed by atoms with Gasteiger partial charge in [-0.05, 0) is 54.3 Å². The number of rotatable bonds is 7. The van der Waals surface area contributed by atoms with Crippen LogP contribution < -0.4 is 15.4 Å². The largest absolute Gasteiger partial charge is 0.497 e. The van der Waals surface area contributed by atoms with E-state index < -0.39 is 0 Å². The Bertz CT molecular complexity index is 981. The molecule has 1 unspecified atom stereocenters. The highest BCUT2D eigenvalue weighted by Gasteiger charge is 2.17. The third kappa shape index (κ3) is 5.56. The molecule has 0 saturated heterocycles. The van der Waals surface area contributed by atoms with Crippen LogP contribution in [-0.4, -0.2) is 18.9 Å². The molecule has 1 heterocycles. The van der Waals surface area contributed by atoms with Crippen molar-refractivity contribution in [2.45, 2.75) is 13.0 Å². The van der Waals surface area contributed by atoms with E-state index in [9.17, 15) is 9.59 Å². The van der Waals surface area contributed by atoms with E-state index >= 15 is 0 Å². The van der Waals surface area contributed by atoms with Gasteiger partial charge in [-0.3, -0.25) is 9.59 Å².